The molecule has 0 aromatic carbocycles. The first-order valence-corrected chi connectivity index (χ1v) is 17.4. The third-order valence-corrected chi connectivity index (χ3v) is 6.83. The highest BCUT2D eigenvalue weighted by Gasteiger charge is 2.50. The van der Waals surface area contributed by atoms with Crippen molar-refractivity contribution in [3.8, 4) is 0 Å². The van der Waals surface area contributed by atoms with Gasteiger partial charge in [-0.2, -0.15) is 0 Å². The maximum atomic E-state index is 13.2. The minimum Gasteiger partial charge on any atom is -0.477 e. The monoisotopic (exact) mass is 786 g/mol. The minimum absolute atomic E-state index is 0.00864. The molecule has 55 heavy (non-hydrogen) atoms. The molecule has 2 heterocycles. The van der Waals surface area contributed by atoms with Gasteiger partial charge in [-0.15, -0.1) is 0 Å². The average molecular weight is 787 g/mol. The largest absolute Gasteiger partial charge is 0.477 e. The van der Waals surface area contributed by atoms with E-state index >= 15 is 0 Å². The molecule has 4 N–H and O–H groups in total. The number of amides is 4. The second-order valence-corrected chi connectivity index (χ2v) is 14.4. The van der Waals surface area contributed by atoms with E-state index in [1.165, 1.54) is 13.0 Å². The number of nitrogens with zero attached hydrogens (tertiary/aromatic N) is 4. The Bertz CT molecular complexity index is 1420. The van der Waals surface area contributed by atoms with Gasteiger partial charge in [-0.05, 0) is 67.0 Å². The molecule has 2 rings (SSSR count). The van der Waals surface area contributed by atoms with Crippen LogP contribution >= 0.6 is 0 Å². The van der Waals surface area contributed by atoms with Crippen LogP contribution in [-0.4, -0.2) is 137 Å². The number of carbonyl (C=O) groups excluding carboxylic acids is 5. The number of alkyl carbamates (subject to hydrolysis) is 3. The standard InChI is InChI=1S/C33H54N8O14/c1-19(42)37-23-20(38-27(39-29(45)54-31(2,3)4)40-30(46)55-32(5,6)7)17-21(26(43)47-10)51-25(23)24(22-18-50-33(8,9)53-22)52-28(44)35-11-13-48-15-16-49-14-12-36-41-34/h17,20,22-25H,11-16,18H2,1-10H3,(H,35,44)(H,37,42)(H2,38,39,40,45,46)/t20-,22+,23+,24+,25+/m0/s1. The molecule has 0 aromatic heterocycles. The van der Waals surface area contributed by atoms with Crippen LogP contribution < -0.4 is 21.3 Å². The Labute approximate surface area is 319 Å². The van der Waals surface area contributed by atoms with E-state index in [1.807, 2.05) is 0 Å². The van der Waals surface area contributed by atoms with Crippen molar-refractivity contribution in [1.82, 2.24) is 21.3 Å². The Balaban J connectivity index is 2.49. The number of esters is 1. The number of rotatable bonds is 15. The van der Waals surface area contributed by atoms with Gasteiger partial charge in [0.15, 0.2) is 18.0 Å². The molecule has 1 saturated heterocycles. The first-order chi connectivity index (χ1) is 25.6. The zero-order valence-corrected chi connectivity index (χ0v) is 32.9. The molecule has 0 aromatic rings. The second-order valence-electron chi connectivity index (χ2n) is 14.4. The Morgan fingerprint density at radius 1 is 0.964 bits per heavy atom. The number of carbonyl (C=O) groups is 5. The molecule has 0 radical (unpaired) electrons. The summed E-state index contributed by atoms with van der Waals surface area (Å²) in [7, 11) is 1.11. The molecule has 22 nitrogen and oxygen atoms in total. The average Bonchev–Trinajstić information content (AvgIpc) is 3.41. The first-order valence-electron chi connectivity index (χ1n) is 17.4. The van der Waals surface area contributed by atoms with Gasteiger partial charge in [0.1, 0.15) is 17.3 Å². The van der Waals surface area contributed by atoms with Gasteiger partial charge in [-0.1, -0.05) is 5.11 Å². The van der Waals surface area contributed by atoms with Gasteiger partial charge in [0.25, 0.3) is 0 Å². The van der Waals surface area contributed by atoms with E-state index in [1.54, 1.807) is 55.4 Å². The number of aliphatic imine (C=N–C) groups is 1. The minimum atomic E-state index is -1.42. The molecule has 0 spiro atoms. The third-order valence-electron chi connectivity index (χ3n) is 6.83. The highest BCUT2D eigenvalue weighted by atomic mass is 16.8. The van der Waals surface area contributed by atoms with Gasteiger partial charge in [0.05, 0.1) is 52.2 Å². The summed E-state index contributed by atoms with van der Waals surface area (Å²) < 4.78 is 50.1. The number of hydrogen-bond donors (Lipinski definition) is 4. The van der Waals surface area contributed by atoms with Gasteiger partial charge in [-0.3, -0.25) is 15.4 Å². The predicted molar refractivity (Wildman–Crippen MR) is 191 cm³/mol. The van der Waals surface area contributed by atoms with Crippen molar-refractivity contribution in [2.45, 2.75) is 110 Å². The van der Waals surface area contributed by atoms with Crippen molar-refractivity contribution in [3.05, 3.63) is 22.3 Å². The zero-order chi connectivity index (χ0) is 41.4. The van der Waals surface area contributed by atoms with Gasteiger partial charge in [0.2, 0.25) is 17.6 Å². The first kappa shape index (κ1) is 46.3. The number of methoxy groups -OCH3 is 1. The molecule has 4 amide bonds. The molecule has 22 heteroatoms. The number of ether oxygens (including phenoxy) is 9. The van der Waals surface area contributed by atoms with Crippen LogP contribution in [0, 0.1) is 0 Å². The molecule has 0 aliphatic carbocycles. The van der Waals surface area contributed by atoms with Crippen molar-refractivity contribution in [3.63, 3.8) is 0 Å². The highest BCUT2D eigenvalue weighted by Crippen LogP contribution is 2.32. The zero-order valence-electron chi connectivity index (χ0n) is 32.9. The molecule has 0 bridgehead atoms. The summed E-state index contributed by atoms with van der Waals surface area (Å²) in [4.78, 5) is 71.8. The van der Waals surface area contributed by atoms with E-state index < -0.39 is 89.3 Å². The highest BCUT2D eigenvalue weighted by molar-refractivity contribution is 6.01. The van der Waals surface area contributed by atoms with Gasteiger partial charge < -0.3 is 53.3 Å². The van der Waals surface area contributed by atoms with E-state index in [0.717, 1.165) is 7.11 Å². The summed E-state index contributed by atoms with van der Waals surface area (Å²) in [6.07, 6.45) is -5.58. The molecular weight excluding hydrogens is 732 g/mol. The van der Waals surface area contributed by atoms with E-state index in [0.29, 0.717) is 0 Å². The predicted octanol–water partition coefficient (Wildman–Crippen LogP) is 2.31. The fourth-order valence-corrected chi connectivity index (χ4v) is 4.86. The fraction of sp³-hybridized carbons (Fsp3) is 0.758. The van der Waals surface area contributed by atoms with Crippen molar-refractivity contribution < 1.29 is 66.6 Å². The molecule has 0 saturated carbocycles. The summed E-state index contributed by atoms with van der Waals surface area (Å²) >= 11 is 0. The number of guanidine groups is 1. The summed E-state index contributed by atoms with van der Waals surface area (Å²) in [5.41, 5.74) is 6.41. The topological polar surface area (TPSA) is 278 Å². The smallest absolute Gasteiger partial charge is 0.414 e. The fourth-order valence-electron chi connectivity index (χ4n) is 4.86. The van der Waals surface area contributed by atoms with E-state index in [2.05, 4.69) is 36.3 Å². The van der Waals surface area contributed by atoms with Crippen LogP contribution in [0.1, 0.15) is 62.3 Å². The number of azide groups is 1. The lowest BCUT2D eigenvalue weighted by molar-refractivity contribution is -0.169. The summed E-state index contributed by atoms with van der Waals surface area (Å²) in [5, 5.41) is 13.4. The van der Waals surface area contributed by atoms with Crippen LogP contribution in [0.15, 0.2) is 21.9 Å². The lowest BCUT2D eigenvalue weighted by Gasteiger charge is -2.40. The molecule has 310 valence electrons. The molecular formula is C33H54N8O14. The Morgan fingerprint density at radius 2 is 1.56 bits per heavy atom. The quantitative estimate of drug-likeness (QED) is 0.0271. The van der Waals surface area contributed by atoms with Crippen molar-refractivity contribution in [2.24, 2.45) is 10.1 Å². The third kappa shape index (κ3) is 17.9. The van der Waals surface area contributed by atoms with Crippen LogP contribution in [0.5, 0.6) is 0 Å². The Morgan fingerprint density at radius 3 is 2.07 bits per heavy atom. The van der Waals surface area contributed by atoms with E-state index in [-0.39, 0.29) is 46.1 Å². The molecule has 5 atom stereocenters. The molecule has 2 aliphatic rings. The summed E-state index contributed by atoms with van der Waals surface area (Å²) in [5.74, 6) is -3.55. The lowest BCUT2D eigenvalue weighted by atomic mass is 9.92. The van der Waals surface area contributed by atoms with Crippen molar-refractivity contribution >= 4 is 36.1 Å². The molecule has 1 fully saturated rings. The van der Waals surface area contributed by atoms with Gasteiger partial charge in [0, 0.05) is 24.9 Å². The summed E-state index contributed by atoms with van der Waals surface area (Å²) in [6.45, 7) is 15.1. The molecule has 0 unspecified atom stereocenters. The normalized spacial score (nSPS) is 20.9. The van der Waals surface area contributed by atoms with Crippen molar-refractivity contribution in [1.29, 1.82) is 0 Å². The molecule has 2 aliphatic heterocycles. The maximum Gasteiger partial charge on any atom is 0.414 e. The number of nitrogens with one attached hydrogen (secondary N) is 4. The van der Waals surface area contributed by atoms with Crippen molar-refractivity contribution in [2.75, 3.05) is 53.2 Å². The van der Waals surface area contributed by atoms with E-state index in [4.69, 9.17) is 48.2 Å². The lowest BCUT2D eigenvalue weighted by Crippen LogP contribution is -2.61. The number of hydrogen-bond acceptors (Lipinski definition) is 16. The SMILES string of the molecule is COC(=O)C1=C[C@H](N=C(NC(=O)OC(C)(C)C)NC(=O)OC(C)(C)C)[C@@H](NC(C)=O)[C@H]([C@H](OC(=O)NCCOCCOCCN=[N+]=[N-])[C@H]2COC(C)(C)O2)O1. The second kappa shape index (κ2) is 21.3. The Kier molecular flexibility index (Phi) is 17.9. The van der Waals surface area contributed by atoms with Crippen LogP contribution in [0.4, 0.5) is 14.4 Å². The van der Waals surface area contributed by atoms with Gasteiger partial charge in [-0.25, -0.2) is 24.2 Å². The van der Waals surface area contributed by atoms with Crippen LogP contribution in [0.3, 0.4) is 0 Å². The van der Waals surface area contributed by atoms with Crippen LogP contribution in [-0.2, 0) is 52.2 Å². The Hall–Kier alpha value is -4.89. The van der Waals surface area contributed by atoms with Gasteiger partial charge >= 0.3 is 24.2 Å². The van der Waals surface area contributed by atoms with Crippen LogP contribution in [0.25, 0.3) is 10.4 Å². The maximum absolute atomic E-state index is 13.2. The van der Waals surface area contributed by atoms with E-state index in [9.17, 15) is 24.0 Å². The van der Waals surface area contributed by atoms with Crippen LogP contribution in [0.2, 0.25) is 0 Å². The summed E-state index contributed by atoms with van der Waals surface area (Å²) in [6, 6.07) is -2.57.